The van der Waals surface area contributed by atoms with E-state index in [4.69, 9.17) is 0 Å². The van der Waals surface area contributed by atoms with Crippen LogP contribution in [0.2, 0.25) is 0 Å². The van der Waals surface area contributed by atoms with Crippen molar-refractivity contribution in [3.05, 3.63) is 12.0 Å². The van der Waals surface area contributed by atoms with Crippen LogP contribution in [0.15, 0.2) is 11.2 Å². The minimum absolute atomic E-state index is 0.113. The van der Waals surface area contributed by atoms with Gasteiger partial charge in [0.05, 0.1) is 6.20 Å². The molecule has 0 aliphatic heterocycles. The van der Waals surface area contributed by atoms with Gasteiger partial charge in [0.25, 0.3) is 10.0 Å². The van der Waals surface area contributed by atoms with Crippen molar-refractivity contribution in [1.82, 2.24) is 14.3 Å². The largest absolute Gasteiger partial charge is 0.332 e. The summed E-state index contributed by atoms with van der Waals surface area (Å²) in [6, 6.07) is 0.113. The molecule has 0 amide bonds. The Kier molecular flexibility index (Phi) is 3.77. The van der Waals surface area contributed by atoms with E-state index < -0.39 is 10.0 Å². The van der Waals surface area contributed by atoms with E-state index >= 15 is 0 Å². The van der Waals surface area contributed by atoms with E-state index in [0.29, 0.717) is 11.7 Å². The van der Waals surface area contributed by atoms with Crippen molar-refractivity contribution in [3.8, 4) is 0 Å². The topological polar surface area (TPSA) is 66.1 Å². The number of nitrogens with zero attached hydrogens (tertiary/aromatic N) is 2. The fraction of sp³-hybridized carbons (Fsp3) is 0.750. The molecule has 18 heavy (non-hydrogen) atoms. The van der Waals surface area contributed by atoms with Gasteiger partial charge in [0.1, 0.15) is 5.82 Å². The molecule has 1 saturated carbocycles. The summed E-state index contributed by atoms with van der Waals surface area (Å²) in [5, 5.41) is 0.195. The highest BCUT2D eigenvalue weighted by atomic mass is 32.2. The van der Waals surface area contributed by atoms with Gasteiger partial charge in [-0.05, 0) is 25.7 Å². The van der Waals surface area contributed by atoms with Gasteiger partial charge in [-0.15, -0.1) is 0 Å². The average Bonchev–Trinajstić information content (AvgIpc) is 2.75. The number of nitrogens with one attached hydrogen (secondary N) is 1. The highest BCUT2D eigenvalue weighted by Crippen LogP contribution is 2.29. The molecule has 1 aromatic rings. The zero-order chi connectivity index (χ0) is 13.3. The quantitative estimate of drug-likeness (QED) is 0.913. The second-order valence-corrected chi connectivity index (χ2v) is 7.25. The summed E-state index contributed by atoms with van der Waals surface area (Å²) < 4.78 is 26.3. The summed E-state index contributed by atoms with van der Waals surface area (Å²) in [5.41, 5.74) is 0. The Morgan fingerprint density at radius 1 is 1.44 bits per heavy atom. The van der Waals surface area contributed by atoms with Crippen LogP contribution < -0.4 is 0 Å². The first-order valence-electron chi connectivity index (χ1n) is 6.41. The number of rotatable bonds is 3. The van der Waals surface area contributed by atoms with Crippen LogP contribution in [0.4, 0.5) is 0 Å². The van der Waals surface area contributed by atoms with Crippen molar-refractivity contribution < 1.29 is 8.42 Å². The minimum atomic E-state index is -3.43. The number of hydrogen-bond donors (Lipinski definition) is 1. The van der Waals surface area contributed by atoms with E-state index in [1.807, 2.05) is 0 Å². The number of sulfonamides is 1. The molecule has 2 rings (SSSR count). The summed E-state index contributed by atoms with van der Waals surface area (Å²) in [7, 11) is -1.75. The van der Waals surface area contributed by atoms with Gasteiger partial charge in [-0.3, -0.25) is 0 Å². The molecule has 0 saturated heterocycles. The molecule has 1 fully saturated rings. The molecular formula is C12H21N3O2S. The van der Waals surface area contributed by atoms with Gasteiger partial charge >= 0.3 is 0 Å². The summed E-state index contributed by atoms with van der Waals surface area (Å²) >= 11 is 0. The first kappa shape index (κ1) is 13.5. The third-order valence-corrected chi connectivity index (χ3v) is 5.58. The Hall–Kier alpha value is -0.880. The van der Waals surface area contributed by atoms with Crippen LogP contribution in [0.3, 0.4) is 0 Å². The van der Waals surface area contributed by atoms with Crippen LogP contribution in [0.5, 0.6) is 0 Å². The molecule has 1 heterocycles. The van der Waals surface area contributed by atoms with E-state index in [1.54, 1.807) is 14.0 Å². The third kappa shape index (κ3) is 2.59. The van der Waals surface area contributed by atoms with Gasteiger partial charge in [-0.25, -0.2) is 13.4 Å². The van der Waals surface area contributed by atoms with E-state index in [9.17, 15) is 8.42 Å². The summed E-state index contributed by atoms with van der Waals surface area (Å²) in [6.07, 6.45) is 5.60. The van der Waals surface area contributed by atoms with E-state index in [-0.39, 0.29) is 11.1 Å². The molecule has 5 nitrogen and oxygen atoms in total. The summed E-state index contributed by atoms with van der Waals surface area (Å²) in [6.45, 7) is 3.94. The molecule has 1 aliphatic carbocycles. The Morgan fingerprint density at radius 2 is 2.17 bits per heavy atom. The molecule has 0 radical (unpaired) electrons. The van der Waals surface area contributed by atoms with Crippen molar-refractivity contribution in [1.29, 1.82) is 0 Å². The molecule has 102 valence electrons. The minimum Gasteiger partial charge on any atom is -0.332 e. The molecular weight excluding hydrogens is 250 g/mol. The van der Waals surface area contributed by atoms with Crippen molar-refractivity contribution in [3.63, 3.8) is 0 Å². The van der Waals surface area contributed by atoms with Crippen LogP contribution in [0.1, 0.15) is 38.4 Å². The highest BCUT2D eigenvalue weighted by molar-refractivity contribution is 7.89. The molecule has 2 unspecified atom stereocenters. The SMILES string of the molecule is Cc1ncc(S(=O)(=O)N(C)C2CCCC(C)C2)[nH]1. The fourth-order valence-corrected chi connectivity index (χ4v) is 3.97. The van der Waals surface area contributed by atoms with E-state index in [1.165, 1.54) is 16.9 Å². The van der Waals surface area contributed by atoms with Gasteiger partial charge < -0.3 is 4.98 Å². The number of hydrogen-bond acceptors (Lipinski definition) is 3. The van der Waals surface area contributed by atoms with E-state index in [0.717, 1.165) is 19.3 Å². The monoisotopic (exact) mass is 271 g/mol. The molecule has 0 bridgehead atoms. The Labute approximate surface area is 109 Å². The van der Waals surface area contributed by atoms with Crippen LogP contribution in [0, 0.1) is 12.8 Å². The van der Waals surface area contributed by atoms with Crippen molar-refractivity contribution in [2.75, 3.05) is 7.05 Å². The molecule has 1 aromatic heterocycles. The lowest BCUT2D eigenvalue weighted by atomic mass is 9.87. The molecule has 1 aliphatic rings. The van der Waals surface area contributed by atoms with Crippen molar-refractivity contribution in [2.45, 2.75) is 50.6 Å². The Bertz CT molecular complexity index is 509. The molecule has 2 atom stereocenters. The van der Waals surface area contributed by atoms with Crippen molar-refractivity contribution in [2.24, 2.45) is 5.92 Å². The van der Waals surface area contributed by atoms with Crippen LogP contribution in [-0.2, 0) is 10.0 Å². The number of aromatic nitrogens is 2. The highest BCUT2D eigenvalue weighted by Gasteiger charge is 2.31. The van der Waals surface area contributed by atoms with Crippen LogP contribution >= 0.6 is 0 Å². The Morgan fingerprint density at radius 3 is 2.72 bits per heavy atom. The maximum atomic E-state index is 12.4. The third-order valence-electron chi connectivity index (χ3n) is 3.76. The predicted octanol–water partition coefficient (Wildman–Crippen LogP) is 1.92. The Balaban J connectivity index is 2.19. The first-order chi connectivity index (χ1) is 8.41. The second-order valence-electron chi connectivity index (χ2n) is 5.28. The number of aromatic amines is 1. The predicted molar refractivity (Wildman–Crippen MR) is 69.7 cm³/mol. The zero-order valence-electron chi connectivity index (χ0n) is 11.2. The number of aryl methyl sites for hydroxylation is 1. The van der Waals surface area contributed by atoms with Gasteiger partial charge in [0, 0.05) is 13.1 Å². The standard InChI is InChI=1S/C12H21N3O2S/c1-9-5-4-6-11(7-9)15(3)18(16,17)12-8-13-10(2)14-12/h8-9,11H,4-7H2,1-3H3,(H,13,14). The lowest BCUT2D eigenvalue weighted by molar-refractivity contribution is 0.238. The van der Waals surface area contributed by atoms with Crippen molar-refractivity contribution >= 4 is 10.0 Å². The van der Waals surface area contributed by atoms with Gasteiger partial charge in [-0.2, -0.15) is 4.31 Å². The van der Waals surface area contributed by atoms with Gasteiger partial charge in [-0.1, -0.05) is 19.8 Å². The lowest BCUT2D eigenvalue weighted by Gasteiger charge is -2.32. The lowest BCUT2D eigenvalue weighted by Crippen LogP contribution is -2.39. The average molecular weight is 271 g/mol. The van der Waals surface area contributed by atoms with E-state index in [2.05, 4.69) is 16.9 Å². The fourth-order valence-electron chi connectivity index (χ4n) is 2.61. The second kappa shape index (κ2) is 5.01. The number of H-pyrrole nitrogens is 1. The molecule has 0 spiro atoms. The van der Waals surface area contributed by atoms with Crippen LogP contribution in [-0.4, -0.2) is 35.8 Å². The number of imidazole rings is 1. The van der Waals surface area contributed by atoms with Gasteiger partial charge in [0.15, 0.2) is 5.03 Å². The smallest absolute Gasteiger partial charge is 0.260 e. The van der Waals surface area contributed by atoms with Gasteiger partial charge in [0.2, 0.25) is 0 Å². The first-order valence-corrected chi connectivity index (χ1v) is 7.85. The van der Waals surface area contributed by atoms with Crippen LogP contribution in [0.25, 0.3) is 0 Å². The summed E-state index contributed by atoms with van der Waals surface area (Å²) in [5.74, 6) is 1.23. The zero-order valence-corrected chi connectivity index (χ0v) is 12.0. The molecule has 0 aromatic carbocycles. The maximum Gasteiger partial charge on any atom is 0.260 e. The maximum absolute atomic E-state index is 12.4. The normalized spacial score (nSPS) is 25.6. The summed E-state index contributed by atoms with van der Waals surface area (Å²) in [4.78, 5) is 6.77. The molecule has 1 N–H and O–H groups in total. The molecule has 6 heteroatoms.